The third-order valence-electron chi connectivity index (χ3n) is 1.84. The van der Waals surface area contributed by atoms with E-state index in [1.54, 1.807) is 20.2 Å². The predicted octanol–water partition coefficient (Wildman–Crippen LogP) is 2.84. The lowest BCUT2D eigenvalue weighted by Crippen LogP contribution is -2.21. The summed E-state index contributed by atoms with van der Waals surface area (Å²) in [6.45, 7) is 5.00. The SMILES string of the molecule is C=C1C(C)=CN(C)C=C1C(F)(F)F. The Morgan fingerprint density at radius 2 is 1.85 bits per heavy atom. The Bertz CT molecular complexity index is 296. The smallest absolute Gasteiger partial charge is 0.356 e. The van der Waals surface area contributed by atoms with Gasteiger partial charge < -0.3 is 4.90 Å². The summed E-state index contributed by atoms with van der Waals surface area (Å²) in [6.07, 6.45) is -1.67. The molecule has 1 aliphatic heterocycles. The fraction of sp³-hybridized carbons (Fsp3) is 0.333. The molecule has 1 nitrogen and oxygen atoms in total. The molecule has 0 bridgehead atoms. The van der Waals surface area contributed by atoms with Gasteiger partial charge >= 0.3 is 6.18 Å². The van der Waals surface area contributed by atoms with Crippen LogP contribution in [0, 0.1) is 0 Å². The van der Waals surface area contributed by atoms with E-state index in [2.05, 4.69) is 6.58 Å². The molecule has 0 spiro atoms. The van der Waals surface area contributed by atoms with E-state index < -0.39 is 11.7 Å². The monoisotopic (exact) mass is 189 g/mol. The van der Waals surface area contributed by atoms with Crippen molar-refractivity contribution in [1.82, 2.24) is 4.90 Å². The van der Waals surface area contributed by atoms with Gasteiger partial charge in [0, 0.05) is 19.4 Å². The topological polar surface area (TPSA) is 3.24 Å². The molecule has 13 heavy (non-hydrogen) atoms. The number of halogens is 3. The van der Waals surface area contributed by atoms with E-state index >= 15 is 0 Å². The van der Waals surface area contributed by atoms with Gasteiger partial charge in [0.1, 0.15) is 0 Å². The van der Waals surface area contributed by atoms with Crippen molar-refractivity contribution in [2.75, 3.05) is 7.05 Å². The lowest BCUT2D eigenvalue weighted by atomic mass is 9.99. The van der Waals surface area contributed by atoms with Gasteiger partial charge in [-0.3, -0.25) is 0 Å². The van der Waals surface area contributed by atoms with Crippen LogP contribution in [0.4, 0.5) is 13.2 Å². The van der Waals surface area contributed by atoms with Gasteiger partial charge in [0.25, 0.3) is 0 Å². The summed E-state index contributed by atoms with van der Waals surface area (Å²) < 4.78 is 37.1. The van der Waals surface area contributed by atoms with Crippen LogP contribution in [-0.4, -0.2) is 18.1 Å². The number of alkyl halides is 3. The molecule has 1 rings (SSSR count). The van der Waals surface area contributed by atoms with Crippen molar-refractivity contribution in [2.24, 2.45) is 0 Å². The van der Waals surface area contributed by atoms with Gasteiger partial charge in [-0.15, -0.1) is 0 Å². The van der Waals surface area contributed by atoms with Gasteiger partial charge in [-0.2, -0.15) is 13.2 Å². The zero-order valence-corrected chi connectivity index (χ0v) is 7.44. The van der Waals surface area contributed by atoms with E-state index in [0.29, 0.717) is 5.57 Å². The van der Waals surface area contributed by atoms with Crippen LogP contribution < -0.4 is 0 Å². The molecular formula is C9H10F3N. The van der Waals surface area contributed by atoms with Crippen LogP contribution in [0.3, 0.4) is 0 Å². The maximum Gasteiger partial charge on any atom is 0.418 e. The Labute approximate surface area is 74.8 Å². The molecule has 1 aliphatic rings. The zero-order chi connectivity index (χ0) is 10.2. The zero-order valence-electron chi connectivity index (χ0n) is 7.44. The number of nitrogens with zero attached hydrogens (tertiary/aromatic N) is 1. The average molecular weight is 189 g/mol. The number of rotatable bonds is 0. The Morgan fingerprint density at radius 1 is 1.31 bits per heavy atom. The van der Waals surface area contributed by atoms with E-state index in [0.717, 1.165) is 6.20 Å². The quantitative estimate of drug-likeness (QED) is 0.566. The fourth-order valence-corrected chi connectivity index (χ4v) is 1.16. The number of hydrogen-bond acceptors (Lipinski definition) is 1. The van der Waals surface area contributed by atoms with Crippen LogP contribution in [0.5, 0.6) is 0 Å². The molecule has 0 aromatic rings. The Morgan fingerprint density at radius 3 is 2.31 bits per heavy atom. The van der Waals surface area contributed by atoms with Crippen molar-refractivity contribution in [3.8, 4) is 0 Å². The molecule has 0 aromatic heterocycles. The van der Waals surface area contributed by atoms with E-state index in [1.807, 2.05) is 0 Å². The second kappa shape index (κ2) is 2.94. The van der Waals surface area contributed by atoms with E-state index in [1.165, 1.54) is 4.90 Å². The van der Waals surface area contributed by atoms with Crippen molar-refractivity contribution >= 4 is 0 Å². The van der Waals surface area contributed by atoms with Crippen molar-refractivity contribution in [3.05, 3.63) is 35.7 Å². The predicted molar refractivity (Wildman–Crippen MR) is 44.8 cm³/mol. The van der Waals surface area contributed by atoms with Crippen LogP contribution in [0.2, 0.25) is 0 Å². The van der Waals surface area contributed by atoms with Crippen molar-refractivity contribution in [3.63, 3.8) is 0 Å². The van der Waals surface area contributed by atoms with Crippen LogP contribution >= 0.6 is 0 Å². The van der Waals surface area contributed by atoms with Crippen molar-refractivity contribution in [2.45, 2.75) is 13.1 Å². The lowest BCUT2D eigenvalue weighted by molar-refractivity contribution is -0.0901. The third-order valence-corrected chi connectivity index (χ3v) is 1.84. The second-order valence-corrected chi connectivity index (χ2v) is 3.00. The molecule has 72 valence electrons. The highest BCUT2D eigenvalue weighted by Crippen LogP contribution is 2.35. The standard InChI is InChI=1S/C9H10F3N/c1-6-4-13(3)5-8(7(6)2)9(10,11)12/h4-5H,2H2,1,3H3. The van der Waals surface area contributed by atoms with Gasteiger partial charge in [0.15, 0.2) is 0 Å². The maximum absolute atomic E-state index is 12.4. The molecule has 0 saturated carbocycles. The van der Waals surface area contributed by atoms with E-state index in [-0.39, 0.29) is 5.57 Å². The highest BCUT2D eigenvalue weighted by atomic mass is 19.4. The minimum absolute atomic E-state index is 0.0469. The molecule has 0 radical (unpaired) electrons. The van der Waals surface area contributed by atoms with E-state index in [9.17, 15) is 13.2 Å². The van der Waals surface area contributed by atoms with Crippen LogP contribution in [0.25, 0.3) is 0 Å². The fourth-order valence-electron chi connectivity index (χ4n) is 1.16. The summed E-state index contributed by atoms with van der Waals surface area (Å²) in [7, 11) is 1.56. The first-order valence-electron chi connectivity index (χ1n) is 3.71. The minimum atomic E-state index is -4.32. The molecular weight excluding hydrogens is 179 g/mol. The highest BCUT2D eigenvalue weighted by Gasteiger charge is 2.37. The molecule has 0 saturated heterocycles. The third kappa shape index (κ3) is 1.94. The van der Waals surface area contributed by atoms with Gasteiger partial charge in [0.05, 0.1) is 5.57 Å². The molecule has 0 N–H and O–H groups in total. The molecule has 0 fully saturated rings. The summed E-state index contributed by atoms with van der Waals surface area (Å²) in [4.78, 5) is 1.38. The minimum Gasteiger partial charge on any atom is -0.356 e. The number of allylic oxidation sites excluding steroid dienone is 3. The Hall–Kier alpha value is -1.19. The average Bonchev–Trinajstić information content (AvgIpc) is 1.94. The first-order valence-corrected chi connectivity index (χ1v) is 3.71. The van der Waals surface area contributed by atoms with Gasteiger partial charge in [-0.1, -0.05) is 6.58 Å². The highest BCUT2D eigenvalue weighted by molar-refractivity contribution is 5.48. The largest absolute Gasteiger partial charge is 0.418 e. The molecule has 1 heterocycles. The Balaban J connectivity index is 3.06. The molecule has 0 atom stereocenters. The van der Waals surface area contributed by atoms with E-state index in [4.69, 9.17) is 0 Å². The second-order valence-electron chi connectivity index (χ2n) is 3.00. The maximum atomic E-state index is 12.4. The summed E-state index contributed by atoms with van der Waals surface area (Å²) >= 11 is 0. The van der Waals surface area contributed by atoms with Crippen LogP contribution in [-0.2, 0) is 0 Å². The normalized spacial score (nSPS) is 18.5. The van der Waals surface area contributed by atoms with Crippen LogP contribution in [0.1, 0.15) is 6.92 Å². The lowest BCUT2D eigenvalue weighted by Gasteiger charge is -2.23. The molecule has 0 aromatic carbocycles. The van der Waals surface area contributed by atoms with Gasteiger partial charge in [0.2, 0.25) is 0 Å². The summed E-state index contributed by atoms with van der Waals surface area (Å²) in [6, 6.07) is 0. The van der Waals surface area contributed by atoms with Gasteiger partial charge in [-0.25, -0.2) is 0 Å². The molecule has 0 unspecified atom stereocenters. The Kier molecular flexibility index (Phi) is 2.24. The summed E-state index contributed by atoms with van der Waals surface area (Å²) in [5.41, 5.74) is -0.0853. The summed E-state index contributed by atoms with van der Waals surface area (Å²) in [5.74, 6) is 0. The molecule has 4 heteroatoms. The first-order chi connectivity index (χ1) is 5.82. The summed E-state index contributed by atoms with van der Waals surface area (Å²) in [5, 5.41) is 0. The van der Waals surface area contributed by atoms with Crippen LogP contribution in [0.15, 0.2) is 35.7 Å². The molecule has 0 aliphatic carbocycles. The first kappa shape index (κ1) is 9.89. The van der Waals surface area contributed by atoms with Crippen molar-refractivity contribution in [1.29, 1.82) is 0 Å². The van der Waals surface area contributed by atoms with Crippen molar-refractivity contribution < 1.29 is 13.2 Å². The van der Waals surface area contributed by atoms with Gasteiger partial charge in [-0.05, 0) is 18.1 Å². The molecule has 0 amide bonds. The number of hydrogen-bond donors (Lipinski definition) is 0.